The van der Waals surface area contributed by atoms with E-state index in [1.807, 2.05) is 0 Å². The third kappa shape index (κ3) is 9.38. The molecule has 0 aliphatic heterocycles. The van der Waals surface area contributed by atoms with Crippen molar-refractivity contribution in [3.05, 3.63) is 0 Å². The van der Waals surface area contributed by atoms with Gasteiger partial charge in [0.15, 0.2) is 11.5 Å². The van der Waals surface area contributed by atoms with Gasteiger partial charge < -0.3 is 14.6 Å². The molecule has 21 heavy (non-hydrogen) atoms. The first-order valence-electron chi connectivity index (χ1n) is 6.68. The first-order chi connectivity index (χ1) is 9.68. The van der Waals surface area contributed by atoms with Gasteiger partial charge >= 0.3 is 11.9 Å². The maximum absolute atomic E-state index is 11.6. The van der Waals surface area contributed by atoms with Crippen LogP contribution in [0.4, 0.5) is 0 Å². The zero-order valence-electron chi connectivity index (χ0n) is 12.1. The average Bonchev–Trinajstić information content (AvgIpc) is 2.34. The summed E-state index contributed by atoms with van der Waals surface area (Å²) in [6.45, 7) is 3.78. The molecule has 0 aliphatic carbocycles. The van der Waals surface area contributed by atoms with Crippen LogP contribution in [0.3, 0.4) is 0 Å². The number of unbranched alkanes of at least 4 members (excludes halogenated alkanes) is 3. The van der Waals surface area contributed by atoms with Crippen molar-refractivity contribution in [2.75, 3.05) is 6.61 Å². The fourth-order valence-corrected chi connectivity index (χ4v) is 2.17. The van der Waals surface area contributed by atoms with E-state index < -0.39 is 40.0 Å². The average molecular weight is 326 g/mol. The Labute approximate surface area is 124 Å². The lowest BCUT2D eigenvalue weighted by Gasteiger charge is -2.17. The molecule has 2 N–H and O–H groups in total. The van der Waals surface area contributed by atoms with Crippen molar-refractivity contribution < 1.29 is 37.1 Å². The summed E-state index contributed by atoms with van der Waals surface area (Å²) < 4.78 is 40.6. The van der Waals surface area contributed by atoms with Gasteiger partial charge in [0.2, 0.25) is 0 Å². The van der Waals surface area contributed by atoms with Crippen LogP contribution in [0, 0.1) is 0 Å². The molecule has 0 bridgehead atoms. The third-order valence-corrected chi connectivity index (χ3v) is 3.69. The van der Waals surface area contributed by atoms with Crippen LogP contribution < -0.4 is 0 Å². The Morgan fingerprint density at radius 2 is 1.81 bits per heavy atom. The van der Waals surface area contributed by atoms with Gasteiger partial charge in [-0.2, -0.15) is 8.42 Å². The highest BCUT2D eigenvalue weighted by Crippen LogP contribution is 2.10. The first-order valence-corrected chi connectivity index (χ1v) is 8.19. The molecule has 8 nitrogen and oxygen atoms in total. The molecule has 9 heteroatoms. The number of esters is 1. The number of carbonyl (C=O) groups excluding carboxylic acids is 1. The molecule has 0 saturated heterocycles. The summed E-state index contributed by atoms with van der Waals surface area (Å²) in [7, 11) is -4.85. The zero-order valence-corrected chi connectivity index (χ0v) is 13.0. The van der Waals surface area contributed by atoms with Gasteiger partial charge in [-0.15, -0.1) is 0 Å². The Kier molecular flexibility index (Phi) is 9.14. The van der Waals surface area contributed by atoms with Gasteiger partial charge in [-0.05, 0) is 13.3 Å². The topological polar surface area (TPSA) is 127 Å². The molecule has 0 aromatic rings. The molecular weight excluding hydrogens is 304 g/mol. The molecular formula is C12H22O8S. The summed E-state index contributed by atoms with van der Waals surface area (Å²) in [6, 6.07) is 0. The van der Waals surface area contributed by atoms with Gasteiger partial charge in [-0.3, -0.25) is 14.1 Å². The minimum Gasteiger partial charge on any atom is -0.481 e. The Hall–Kier alpha value is -1.19. The molecule has 0 fully saturated rings. The van der Waals surface area contributed by atoms with Crippen LogP contribution in [0.15, 0.2) is 0 Å². The predicted octanol–water partition coefficient (Wildman–Crippen LogP) is 1.20. The maximum Gasteiger partial charge on any atom is 0.329 e. The number of carboxylic acids is 1. The second-order valence-electron chi connectivity index (χ2n) is 4.54. The van der Waals surface area contributed by atoms with Gasteiger partial charge in [0.25, 0.3) is 10.1 Å². The molecule has 0 rings (SSSR count). The number of rotatable bonds is 11. The molecule has 0 aromatic heterocycles. The molecule has 124 valence electrons. The number of ether oxygens (including phenoxy) is 2. The highest BCUT2D eigenvalue weighted by molar-refractivity contribution is 7.87. The van der Waals surface area contributed by atoms with Gasteiger partial charge in [0.05, 0.1) is 13.0 Å². The Morgan fingerprint density at radius 1 is 1.19 bits per heavy atom. The minimum atomic E-state index is -4.85. The molecule has 2 unspecified atom stereocenters. The lowest BCUT2D eigenvalue weighted by Crippen LogP contribution is -2.36. The van der Waals surface area contributed by atoms with Gasteiger partial charge in [0.1, 0.15) is 0 Å². The zero-order chi connectivity index (χ0) is 16.5. The van der Waals surface area contributed by atoms with E-state index >= 15 is 0 Å². The van der Waals surface area contributed by atoms with Gasteiger partial charge in [0, 0.05) is 0 Å². The maximum atomic E-state index is 11.6. The second kappa shape index (κ2) is 9.69. The van der Waals surface area contributed by atoms with Crippen LogP contribution >= 0.6 is 0 Å². The van der Waals surface area contributed by atoms with E-state index in [1.54, 1.807) is 0 Å². The smallest absolute Gasteiger partial charge is 0.329 e. The number of aliphatic carboxylic acids is 1. The molecule has 2 atom stereocenters. The summed E-state index contributed by atoms with van der Waals surface area (Å²) in [5.41, 5.74) is 0. The van der Waals surface area contributed by atoms with Crippen molar-refractivity contribution >= 4 is 22.1 Å². The molecule has 0 radical (unpaired) electrons. The van der Waals surface area contributed by atoms with Crippen LogP contribution in [0.25, 0.3) is 0 Å². The highest BCUT2D eigenvalue weighted by atomic mass is 32.2. The van der Waals surface area contributed by atoms with E-state index in [0.29, 0.717) is 6.61 Å². The normalized spacial score (nSPS) is 14.4. The summed E-state index contributed by atoms with van der Waals surface area (Å²) in [4.78, 5) is 22.1. The van der Waals surface area contributed by atoms with Crippen molar-refractivity contribution in [1.82, 2.24) is 0 Å². The van der Waals surface area contributed by atoms with Crippen molar-refractivity contribution in [3.8, 4) is 0 Å². The van der Waals surface area contributed by atoms with E-state index in [1.165, 1.54) is 6.92 Å². The molecule has 0 aliphatic rings. The number of carbonyl (C=O) groups is 2. The van der Waals surface area contributed by atoms with Crippen molar-refractivity contribution in [2.24, 2.45) is 0 Å². The number of carboxylic acid groups (broad SMARTS) is 1. The molecule has 0 spiro atoms. The summed E-state index contributed by atoms with van der Waals surface area (Å²) in [5.74, 6) is -2.89. The fraction of sp³-hybridized carbons (Fsp3) is 0.833. The molecule has 0 saturated carbocycles. The van der Waals surface area contributed by atoms with Crippen molar-refractivity contribution in [3.63, 3.8) is 0 Å². The first kappa shape index (κ1) is 19.8. The Balaban J connectivity index is 4.32. The third-order valence-electron chi connectivity index (χ3n) is 2.62. The lowest BCUT2D eigenvalue weighted by molar-refractivity contribution is -0.175. The van der Waals surface area contributed by atoms with Crippen LogP contribution in [0.5, 0.6) is 0 Å². The minimum absolute atomic E-state index is 0.337. The van der Waals surface area contributed by atoms with E-state index in [4.69, 9.17) is 14.4 Å². The van der Waals surface area contributed by atoms with Crippen molar-refractivity contribution in [1.29, 1.82) is 0 Å². The predicted molar refractivity (Wildman–Crippen MR) is 73.2 cm³/mol. The summed E-state index contributed by atoms with van der Waals surface area (Å²) in [5, 5.41) is 6.39. The monoisotopic (exact) mass is 326 g/mol. The Morgan fingerprint density at radius 3 is 2.29 bits per heavy atom. The van der Waals surface area contributed by atoms with Gasteiger partial charge in [-0.25, -0.2) is 0 Å². The quantitative estimate of drug-likeness (QED) is 0.251. The summed E-state index contributed by atoms with van der Waals surface area (Å²) >= 11 is 0. The van der Waals surface area contributed by atoms with Crippen molar-refractivity contribution in [2.45, 2.75) is 57.5 Å². The number of hydrogen-bond donors (Lipinski definition) is 2. The molecule has 0 heterocycles. The van der Waals surface area contributed by atoms with E-state index in [9.17, 15) is 18.0 Å². The van der Waals surface area contributed by atoms with Crippen LogP contribution in [0.2, 0.25) is 0 Å². The second-order valence-corrected chi connectivity index (χ2v) is 6.14. The highest BCUT2D eigenvalue weighted by Gasteiger charge is 2.35. The van der Waals surface area contributed by atoms with Crippen LogP contribution in [0.1, 0.15) is 46.0 Å². The standard InChI is InChI=1S/C12H22O8S/c1-3-4-5-6-7-19-9(2)20-12(15)10(8-11(13)14)21(16,17)18/h9-10H,3-8H2,1-2H3,(H,13,14)(H,16,17,18). The van der Waals surface area contributed by atoms with E-state index in [0.717, 1.165) is 25.7 Å². The fourth-order valence-electron chi connectivity index (χ4n) is 1.52. The van der Waals surface area contributed by atoms with E-state index in [-0.39, 0.29) is 0 Å². The van der Waals surface area contributed by atoms with Crippen LogP contribution in [-0.2, 0) is 29.2 Å². The van der Waals surface area contributed by atoms with Gasteiger partial charge in [-0.1, -0.05) is 26.2 Å². The van der Waals surface area contributed by atoms with Crippen LogP contribution in [-0.4, -0.2) is 48.2 Å². The SMILES string of the molecule is CCCCCCOC(C)OC(=O)C(CC(=O)O)S(=O)(=O)O. The molecule has 0 aromatic carbocycles. The Bertz CT molecular complexity index is 431. The largest absolute Gasteiger partial charge is 0.481 e. The summed E-state index contributed by atoms with van der Waals surface area (Å²) in [6.07, 6.45) is 1.77. The van der Waals surface area contributed by atoms with E-state index in [2.05, 4.69) is 11.7 Å². The number of hydrogen-bond acceptors (Lipinski definition) is 6. The molecule has 0 amide bonds. The lowest BCUT2D eigenvalue weighted by atomic mass is 10.2.